The first-order valence-electron chi connectivity index (χ1n) is 5.73. The number of aromatic nitrogens is 3. The molecule has 0 aliphatic heterocycles. The summed E-state index contributed by atoms with van der Waals surface area (Å²) >= 11 is 5.94. The molecule has 0 aliphatic rings. The molecule has 2 aromatic rings. The zero-order valence-electron chi connectivity index (χ0n) is 10.7. The first kappa shape index (κ1) is 13.5. The summed E-state index contributed by atoms with van der Waals surface area (Å²) < 4.78 is 13.4. The summed E-state index contributed by atoms with van der Waals surface area (Å²) in [5.41, 5.74) is 2.60. The third-order valence-electron chi connectivity index (χ3n) is 2.79. The first-order valence-corrected chi connectivity index (χ1v) is 7.99. The molecule has 0 fully saturated rings. The Labute approximate surface area is 114 Å². The fourth-order valence-corrected chi connectivity index (χ4v) is 3.10. The van der Waals surface area contributed by atoms with Crippen molar-refractivity contribution in [3.63, 3.8) is 0 Å². The molecule has 0 bridgehead atoms. The van der Waals surface area contributed by atoms with Gasteiger partial charge in [-0.05, 0) is 26.0 Å². The van der Waals surface area contributed by atoms with Crippen LogP contribution in [0, 0.1) is 6.92 Å². The van der Waals surface area contributed by atoms with Crippen molar-refractivity contribution in [2.24, 2.45) is 0 Å². The minimum Gasteiger partial charge on any atom is -0.308 e. The van der Waals surface area contributed by atoms with E-state index in [-0.39, 0.29) is 6.04 Å². The van der Waals surface area contributed by atoms with Gasteiger partial charge in [0.25, 0.3) is 0 Å². The van der Waals surface area contributed by atoms with Gasteiger partial charge in [0.2, 0.25) is 0 Å². The lowest BCUT2D eigenvalue weighted by atomic mass is 10.3. The fourth-order valence-electron chi connectivity index (χ4n) is 2.09. The van der Waals surface area contributed by atoms with Crippen molar-refractivity contribution in [1.82, 2.24) is 14.5 Å². The molecule has 4 nitrogen and oxygen atoms in total. The zero-order valence-corrected chi connectivity index (χ0v) is 12.3. The van der Waals surface area contributed by atoms with E-state index in [0.29, 0.717) is 11.6 Å². The quantitative estimate of drug-likeness (QED) is 0.811. The highest BCUT2D eigenvalue weighted by Crippen LogP contribution is 2.21. The summed E-state index contributed by atoms with van der Waals surface area (Å²) in [5, 5.41) is 0. The molecule has 2 heterocycles. The third kappa shape index (κ3) is 2.57. The Morgan fingerprint density at radius 1 is 1.44 bits per heavy atom. The molecule has 2 atom stereocenters. The van der Waals surface area contributed by atoms with Gasteiger partial charge in [-0.25, -0.2) is 9.97 Å². The molecule has 2 aromatic heterocycles. The van der Waals surface area contributed by atoms with Crippen LogP contribution in [0.15, 0.2) is 12.1 Å². The molecule has 0 aliphatic carbocycles. The van der Waals surface area contributed by atoms with Crippen LogP contribution in [0.3, 0.4) is 0 Å². The molecule has 0 spiro atoms. The van der Waals surface area contributed by atoms with Crippen LogP contribution in [-0.4, -0.2) is 30.8 Å². The van der Waals surface area contributed by atoms with Gasteiger partial charge in [0.05, 0.1) is 5.88 Å². The van der Waals surface area contributed by atoms with Gasteiger partial charge in [-0.2, -0.15) is 0 Å². The van der Waals surface area contributed by atoms with Gasteiger partial charge in [-0.1, -0.05) is 0 Å². The third-order valence-corrected chi connectivity index (χ3v) is 3.98. The standard InChI is InChI=1S/C12H16ClN3OS/c1-8-4-5-10-12(14-8)16(11(6-13)15-10)9(2)7-18(3)17/h4-5,9H,6-7H2,1-3H3. The molecular weight excluding hydrogens is 270 g/mol. The summed E-state index contributed by atoms with van der Waals surface area (Å²) in [6.45, 7) is 3.96. The Balaban J connectivity index is 2.58. The fraction of sp³-hybridized carbons (Fsp3) is 0.500. The molecular formula is C12H16ClN3OS. The van der Waals surface area contributed by atoms with Crippen LogP contribution in [0.25, 0.3) is 11.2 Å². The Kier molecular flexibility index (Phi) is 4.02. The number of hydrogen-bond donors (Lipinski definition) is 0. The van der Waals surface area contributed by atoms with E-state index in [1.165, 1.54) is 0 Å². The van der Waals surface area contributed by atoms with Gasteiger partial charge in [0.1, 0.15) is 11.3 Å². The van der Waals surface area contributed by atoms with E-state index in [2.05, 4.69) is 9.97 Å². The van der Waals surface area contributed by atoms with Crippen LogP contribution >= 0.6 is 11.6 Å². The molecule has 98 valence electrons. The number of hydrogen-bond acceptors (Lipinski definition) is 3. The zero-order chi connectivity index (χ0) is 13.3. The predicted octanol–water partition coefficient (Wildman–Crippen LogP) is 2.42. The van der Waals surface area contributed by atoms with Crippen molar-refractivity contribution in [3.05, 3.63) is 23.7 Å². The monoisotopic (exact) mass is 285 g/mol. The molecule has 0 N–H and O–H groups in total. The Hall–Kier alpha value is -0.940. The van der Waals surface area contributed by atoms with Gasteiger partial charge in [-0.15, -0.1) is 11.6 Å². The summed E-state index contributed by atoms with van der Waals surface area (Å²) in [5.74, 6) is 1.68. The number of imidazole rings is 1. The van der Waals surface area contributed by atoms with Gasteiger partial charge >= 0.3 is 0 Å². The molecule has 0 saturated carbocycles. The average Bonchev–Trinajstić information content (AvgIpc) is 2.65. The van der Waals surface area contributed by atoms with Crippen molar-refractivity contribution in [3.8, 4) is 0 Å². The van der Waals surface area contributed by atoms with Crippen LogP contribution in [0.1, 0.15) is 24.5 Å². The Morgan fingerprint density at radius 2 is 2.17 bits per heavy atom. The summed E-state index contributed by atoms with van der Waals surface area (Å²) in [4.78, 5) is 8.99. The second-order valence-corrected chi connectivity index (χ2v) is 6.16. The highest BCUT2D eigenvalue weighted by Gasteiger charge is 2.17. The minimum absolute atomic E-state index is 0.0730. The highest BCUT2D eigenvalue weighted by atomic mass is 35.5. The maximum absolute atomic E-state index is 11.4. The Bertz CT molecular complexity index is 596. The molecule has 2 rings (SSSR count). The number of halogens is 1. The first-order chi connectivity index (χ1) is 8.52. The van der Waals surface area contributed by atoms with Gasteiger partial charge < -0.3 is 4.57 Å². The normalized spacial score (nSPS) is 14.9. The molecule has 0 aromatic carbocycles. The average molecular weight is 286 g/mol. The maximum Gasteiger partial charge on any atom is 0.160 e. The van der Waals surface area contributed by atoms with Crippen molar-refractivity contribution in [1.29, 1.82) is 0 Å². The lowest BCUT2D eigenvalue weighted by molar-refractivity contribution is 0.590. The van der Waals surface area contributed by atoms with Gasteiger partial charge in [0, 0.05) is 34.5 Å². The molecule has 6 heteroatoms. The van der Waals surface area contributed by atoms with Crippen molar-refractivity contribution >= 4 is 33.6 Å². The number of nitrogens with zero attached hydrogens (tertiary/aromatic N) is 3. The topological polar surface area (TPSA) is 47.8 Å². The van der Waals surface area contributed by atoms with E-state index in [0.717, 1.165) is 22.7 Å². The minimum atomic E-state index is -0.858. The van der Waals surface area contributed by atoms with E-state index < -0.39 is 10.8 Å². The van der Waals surface area contributed by atoms with Crippen LogP contribution in [0.4, 0.5) is 0 Å². The maximum atomic E-state index is 11.4. The van der Waals surface area contributed by atoms with E-state index in [9.17, 15) is 4.21 Å². The van der Waals surface area contributed by atoms with E-state index in [1.807, 2.05) is 30.5 Å². The number of pyridine rings is 1. The van der Waals surface area contributed by atoms with Crippen LogP contribution < -0.4 is 0 Å². The smallest absolute Gasteiger partial charge is 0.160 e. The highest BCUT2D eigenvalue weighted by molar-refractivity contribution is 7.84. The number of alkyl halides is 1. The molecule has 0 amide bonds. The van der Waals surface area contributed by atoms with Crippen molar-refractivity contribution in [2.45, 2.75) is 25.8 Å². The Morgan fingerprint density at radius 3 is 2.78 bits per heavy atom. The number of fused-ring (bicyclic) bond motifs is 1. The lowest BCUT2D eigenvalue weighted by Crippen LogP contribution is -2.15. The number of rotatable bonds is 4. The summed E-state index contributed by atoms with van der Waals surface area (Å²) in [6, 6.07) is 3.95. The molecule has 2 unspecified atom stereocenters. The van der Waals surface area contributed by atoms with Crippen LogP contribution in [0.2, 0.25) is 0 Å². The van der Waals surface area contributed by atoms with E-state index >= 15 is 0 Å². The second kappa shape index (κ2) is 5.36. The molecule has 0 radical (unpaired) electrons. The molecule has 0 saturated heterocycles. The van der Waals surface area contributed by atoms with Crippen molar-refractivity contribution < 1.29 is 4.21 Å². The second-order valence-electron chi connectivity index (χ2n) is 4.42. The largest absolute Gasteiger partial charge is 0.308 e. The lowest BCUT2D eigenvalue weighted by Gasteiger charge is -2.15. The van der Waals surface area contributed by atoms with Crippen LogP contribution in [-0.2, 0) is 16.7 Å². The van der Waals surface area contributed by atoms with E-state index in [1.54, 1.807) is 6.26 Å². The summed E-state index contributed by atoms with van der Waals surface area (Å²) in [7, 11) is -0.858. The SMILES string of the molecule is Cc1ccc2nc(CCl)n(C(C)CS(C)=O)c2n1. The summed E-state index contributed by atoms with van der Waals surface area (Å²) in [6.07, 6.45) is 1.70. The van der Waals surface area contributed by atoms with Gasteiger partial charge in [0.15, 0.2) is 5.65 Å². The predicted molar refractivity (Wildman–Crippen MR) is 75.5 cm³/mol. The molecule has 18 heavy (non-hydrogen) atoms. The van der Waals surface area contributed by atoms with Crippen molar-refractivity contribution in [2.75, 3.05) is 12.0 Å². The van der Waals surface area contributed by atoms with Crippen LogP contribution in [0.5, 0.6) is 0 Å². The van der Waals surface area contributed by atoms with E-state index in [4.69, 9.17) is 11.6 Å². The number of aryl methyl sites for hydroxylation is 1. The van der Waals surface area contributed by atoms with Gasteiger partial charge in [-0.3, -0.25) is 4.21 Å².